The van der Waals surface area contributed by atoms with Crippen molar-refractivity contribution >= 4 is 17.5 Å². The Kier molecular flexibility index (Phi) is 5.81. The second-order valence-electron chi connectivity index (χ2n) is 7.30. The standard InChI is InChI=1S/C22H23ClN2O3/c1-22(2,28-19-11-6-15(14-24)13-20(19)27-3)21(26)25-12-4-5-18(25)16-7-9-17(23)10-8-16/h6-11,13,18H,4-5,12H2,1-3H3. The molecule has 2 aromatic carbocycles. The molecular formula is C22H23ClN2O3. The molecule has 1 aliphatic rings. The predicted octanol–water partition coefficient (Wildman–Crippen LogP) is 4.74. The van der Waals surface area contributed by atoms with Crippen LogP contribution in [0.2, 0.25) is 5.02 Å². The second-order valence-corrected chi connectivity index (χ2v) is 7.73. The fraction of sp³-hybridized carbons (Fsp3) is 0.364. The average molecular weight is 399 g/mol. The summed E-state index contributed by atoms with van der Waals surface area (Å²) in [7, 11) is 1.51. The SMILES string of the molecule is COc1cc(C#N)ccc1OC(C)(C)C(=O)N1CCCC1c1ccc(Cl)cc1. The van der Waals surface area contributed by atoms with E-state index in [2.05, 4.69) is 6.07 Å². The molecule has 1 fully saturated rings. The van der Waals surface area contributed by atoms with Crippen molar-refractivity contribution in [3.05, 3.63) is 58.6 Å². The molecule has 0 aliphatic carbocycles. The average Bonchev–Trinajstić information content (AvgIpc) is 3.17. The minimum atomic E-state index is -1.09. The van der Waals surface area contributed by atoms with Crippen molar-refractivity contribution in [2.75, 3.05) is 13.7 Å². The monoisotopic (exact) mass is 398 g/mol. The minimum Gasteiger partial charge on any atom is -0.493 e. The molecule has 146 valence electrons. The Balaban J connectivity index is 1.82. The lowest BCUT2D eigenvalue weighted by Gasteiger charge is -2.34. The predicted molar refractivity (Wildman–Crippen MR) is 108 cm³/mol. The van der Waals surface area contributed by atoms with Crippen LogP contribution in [0.15, 0.2) is 42.5 Å². The van der Waals surface area contributed by atoms with Gasteiger partial charge in [-0.05, 0) is 56.5 Å². The fourth-order valence-corrected chi connectivity index (χ4v) is 3.65. The van der Waals surface area contributed by atoms with Crippen LogP contribution in [-0.4, -0.2) is 30.1 Å². The topological polar surface area (TPSA) is 62.6 Å². The number of rotatable bonds is 5. The third-order valence-corrected chi connectivity index (χ3v) is 5.19. The van der Waals surface area contributed by atoms with Gasteiger partial charge in [0.1, 0.15) is 0 Å². The highest BCUT2D eigenvalue weighted by molar-refractivity contribution is 6.30. The van der Waals surface area contributed by atoms with Crippen LogP contribution in [-0.2, 0) is 4.79 Å². The molecule has 1 aliphatic heterocycles. The van der Waals surface area contributed by atoms with Gasteiger partial charge < -0.3 is 14.4 Å². The molecule has 0 radical (unpaired) electrons. The summed E-state index contributed by atoms with van der Waals surface area (Å²) >= 11 is 6.00. The Morgan fingerprint density at radius 3 is 2.57 bits per heavy atom. The van der Waals surface area contributed by atoms with E-state index in [9.17, 15) is 4.79 Å². The van der Waals surface area contributed by atoms with Crippen LogP contribution in [0.25, 0.3) is 0 Å². The zero-order valence-corrected chi connectivity index (χ0v) is 17.0. The van der Waals surface area contributed by atoms with Crippen LogP contribution in [0.4, 0.5) is 0 Å². The summed E-state index contributed by atoms with van der Waals surface area (Å²) in [5, 5.41) is 9.73. The molecule has 0 aromatic heterocycles. The first-order chi connectivity index (χ1) is 13.4. The lowest BCUT2D eigenvalue weighted by Crippen LogP contribution is -2.48. The molecule has 1 atom stereocenters. The maximum absolute atomic E-state index is 13.3. The van der Waals surface area contributed by atoms with Crippen molar-refractivity contribution in [3.63, 3.8) is 0 Å². The van der Waals surface area contributed by atoms with E-state index in [4.69, 9.17) is 26.3 Å². The lowest BCUT2D eigenvalue weighted by atomic mass is 10.0. The van der Waals surface area contributed by atoms with Gasteiger partial charge in [-0.25, -0.2) is 0 Å². The number of benzene rings is 2. The summed E-state index contributed by atoms with van der Waals surface area (Å²) in [5.41, 5.74) is 0.453. The summed E-state index contributed by atoms with van der Waals surface area (Å²) in [6.07, 6.45) is 1.85. The molecule has 28 heavy (non-hydrogen) atoms. The molecule has 0 spiro atoms. The van der Waals surface area contributed by atoms with Crippen LogP contribution < -0.4 is 9.47 Å². The lowest BCUT2D eigenvalue weighted by molar-refractivity contribution is -0.146. The smallest absolute Gasteiger partial charge is 0.266 e. The summed E-state index contributed by atoms with van der Waals surface area (Å²) in [5.74, 6) is 0.772. The summed E-state index contributed by atoms with van der Waals surface area (Å²) < 4.78 is 11.4. The van der Waals surface area contributed by atoms with Gasteiger partial charge in [0, 0.05) is 17.6 Å². The van der Waals surface area contributed by atoms with Crippen LogP contribution in [0.5, 0.6) is 11.5 Å². The Labute approximate surface area is 170 Å². The Hall–Kier alpha value is -2.71. The van der Waals surface area contributed by atoms with E-state index in [0.29, 0.717) is 28.6 Å². The molecule has 0 bridgehead atoms. The number of amides is 1. The van der Waals surface area contributed by atoms with Gasteiger partial charge in [0.25, 0.3) is 5.91 Å². The molecule has 5 nitrogen and oxygen atoms in total. The number of halogens is 1. The van der Waals surface area contributed by atoms with E-state index in [0.717, 1.165) is 18.4 Å². The highest BCUT2D eigenvalue weighted by Crippen LogP contribution is 2.36. The number of carbonyl (C=O) groups is 1. The Morgan fingerprint density at radius 1 is 1.21 bits per heavy atom. The van der Waals surface area contributed by atoms with Crippen LogP contribution in [0.1, 0.15) is 43.9 Å². The molecular weight excluding hydrogens is 376 g/mol. The number of ether oxygens (including phenoxy) is 2. The van der Waals surface area contributed by atoms with Crippen LogP contribution in [0.3, 0.4) is 0 Å². The fourth-order valence-electron chi connectivity index (χ4n) is 3.53. The van der Waals surface area contributed by atoms with Crippen LogP contribution in [0, 0.1) is 11.3 Å². The van der Waals surface area contributed by atoms with Crippen molar-refractivity contribution in [2.24, 2.45) is 0 Å². The highest BCUT2D eigenvalue weighted by Gasteiger charge is 2.40. The van der Waals surface area contributed by atoms with E-state index >= 15 is 0 Å². The number of nitriles is 1. The van der Waals surface area contributed by atoms with Crippen molar-refractivity contribution in [1.82, 2.24) is 4.90 Å². The van der Waals surface area contributed by atoms with Gasteiger partial charge in [-0.1, -0.05) is 23.7 Å². The van der Waals surface area contributed by atoms with E-state index in [1.54, 1.807) is 32.0 Å². The zero-order valence-electron chi connectivity index (χ0n) is 16.2. The maximum atomic E-state index is 13.3. The van der Waals surface area contributed by atoms with Crippen molar-refractivity contribution in [1.29, 1.82) is 5.26 Å². The van der Waals surface area contributed by atoms with Gasteiger partial charge in [-0.3, -0.25) is 4.79 Å². The van der Waals surface area contributed by atoms with E-state index in [-0.39, 0.29) is 11.9 Å². The summed E-state index contributed by atoms with van der Waals surface area (Å²) in [4.78, 5) is 15.2. The number of nitrogens with zero attached hydrogens (tertiary/aromatic N) is 2. The number of methoxy groups -OCH3 is 1. The normalized spacial score (nSPS) is 16.5. The molecule has 2 aromatic rings. The third kappa shape index (κ3) is 4.07. The Bertz CT molecular complexity index is 903. The largest absolute Gasteiger partial charge is 0.493 e. The molecule has 1 amide bonds. The van der Waals surface area contributed by atoms with E-state index < -0.39 is 5.60 Å². The Morgan fingerprint density at radius 2 is 1.93 bits per heavy atom. The van der Waals surface area contributed by atoms with Crippen molar-refractivity contribution in [3.8, 4) is 17.6 Å². The maximum Gasteiger partial charge on any atom is 0.266 e. The first kappa shape index (κ1) is 20.0. The molecule has 0 saturated carbocycles. The number of likely N-dealkylation sites (tertiary alicyclic amines) is 1. The van der Waals surface area contributed by atoms with Gasteiger partial charge in [0.2, 0.25) is 0 Å². The highest BCUT2D eigenvalue weighted by atomic mass is 35.5. The molecule has 1 heterocycles. The quantitative estimate of drug-likeness (QED) is 0.729. The van der Waals surface area contributed by atoms with Crippen LogP contribution >= 0.6 is 11.6 Å². The number of hydrogen-bond donors (Lipinski definition) is 0. The van der Waals surface area contributed by atoms with Gasteiger partial charge in [-0.2, -0.15) is 5.26 Å². The number of hydrogen-bond acceptors (Lipinski definition) is 4. The first-order valence-corrected chi connectivity index (χ1v) is 9.57. The van der Waals surface area contributed by atoms with Gasteiger partial charge in [-0.15, -0.1) is 0 Å². The van der Waals surface area contributed by atoms with Gasteiger partial charge in [0.15, 0.2) is 17.1 Å². The summed E-state index contributed by atoms with van der Waals surface area (Å²) in [6, 6.07) is 14.6. The molecule has 6 heteroatoms. The van der Waals surface area contributed by atoms with Crippen molar-refractivity contribution < 1.29 is 14.3 Å². The first-order valence-electron chi connectivity index (χ1n) is 9.19. The molecule has 0 N–H and O–H groups in total. The molecule has 1 saturated heterocycles. The number of carbonyl (C=O) groups excluding carboxylic acids is 1. The van der Waals surface area contributed by atoms with Gasteiger partial charge >= 0.3 is 0 Å². The third-order valence-electron chi connectivity index (χ3n) is 4.94. The zero-order chi connectivity index (χ0) is 20.3. The molecule has 1 unspecified atom stereocenters. The second kappa shape index (κ2) is 8.12. The van der Waals surface area contributed by atoms with E-state index in [1.807, 2.05) is 29.2 Å². The minimum absolute atomic E-state index is 0.00972. The van der Waals surface area contributed by atoms with Gasteiger partial charge in [0.05, 0.1) is 24.8 Å². The molecule has 3 rings (SSSR count). The van der Waals surface area contributed by atoms with Crippen molar-refractivity contribution in [2.45, 2.75) is 38.3 Å². The van der Waals surface area contributed by atoms with E-state index in [1.165, 1.54) is 7.11 Å². The summed E-state index contributed by atoms with van der Waals surface area (Å²) in [6.45, 7) is 4.19.